The van der Waals surface area contributed by atoms with Crippen molar-refractivity contribution in [3.8, 4) is 6.07 Å². The van der Waals surface area contributed by atoms with Gasteiger partial charge in [-0.25, -0.2) is 8.78 Å². The lowest BCUT2D eigenvalue weighted by molar-refractivity contribution is 0.511. The Kier molecular flexibility index (Phi) is 3.96. The Morgan fingerprint density at radius 1 is 1.53 bits per heavy atom. The van der Waals surface area contributed by atoms with Crippen molar-refractivity contribution in [2.45, 2.75) is 0 Å². The number of hydrogen-bond acceptors (Lipinski definition) is 4. The van der Waals surface area contributed by atoms with Crippen LogP contribution in [0.1, 0.15) is 0 Å². The van der Waals surface area contributed by atoms with E-state index in [1.165, 1.54) is 6.07 Å². The number of amidine groups is 1. The Balaban J connectivity index is 3.09. The number of benzene rings is 1. The quantitative estimate of drug-likeness (QED) is 0.333. The molecule has 0 aliphatic rings. The first-order valence-corrected chi connectivity index (χ1v) is 4.57. The second-order valence-electron chi connectivity index (χ2n) is 2.82. The minimum atomic E-state index is -1.23. The van der Waals surface area contributed by atoms with Gasteiger partial charge in [0.15, 0.2) is 17.5 Å². The van der Waals surface area contributed by atoms with Crippen LogP contribution >= 0.6 is 11.6 Å². The zero-order valence-corrected chi connectivity index (χ0v) is 9.02. The molecule has 0 aliphatic heterocycles. The number of anilines is 1. The summed E-state index contributed by atoms with van der Waals surface area (Å²) in [4.78, 5) is 0. The Labute approximate surface area is 100.0 Å². The lowest BCUT2D eigenvalue weighted by Gasteiger charge is -2.05. The van der Waals surface area contributed by atoms with E-state index in [4.69, 9.17) is 28.0 Å². The predicted molar refractivity (Wildman–Crippen MR) is 60.0 cm³/mol. The maximum absolute atomic E-state index is 13.3. The molecule has 88 valence electrons. The number of nitrogens with zero attached hydrogens (tertiary/aromatic N) is 2. The van der Waals surface area contributed by atoms with Crippen LogP contribution in [0.2, 0.25) is 5.02 Å². The van der Waals surface area contributed by atoms with Gasteiger partial charge in [-0.2, -0.15) is 10.4 Å². The predicted octanol–water partition coefficient (Wildman–Crippen LogP) is 1.85. The van der Waals surface area contributed by atoms with Crippen molar-refractivity contribution in [3.63, 3.8) is 0 Å². The SMILES string of the molecule is N#C/C(=N\Nc1c(Cl)ccc(F)c1F)C(=N)N. The molecule has 0 aromatic heterocycles. The fraction of sp³-hybridized carbons (Fsp3) is 0. The molecule has 0 atom stereocenters. The molecule has 0 fully saturated rings. The summed E-state index contributed by atoms with van der Waals surface area (Å²) < 4.78 is 26.1. The standard InChI is InChI=1S/C9H6ClF2N5/c10-4-1-2-5(11)7(12)8(4)17-16-6(3-13)9(14)15/h1-2,17H,(H3,14,15)/b16-6+. The van der Waals surface area contributed by atoms with E-state index in [0.29, 0.717) is 0 Å². The van der Waals surface area contributed by atoms with E-state index in [9.17, 15) is 8.78 Å². The molecule has 1 aromatic rings. The highest BCUT2D eigenvalue weighted by molar-refractivity contribution is 6.45. The topological polar surface area (TPSA) is 98.0 Å². The van der Waals surface area contributed by atoms with Crippen LogP contribution in [0, 0.1) is 28.4 Å². The summed E-state index contributed by atoms with van der Waals surface area (Å²) in [6.45, 7) is 0. The van der Waals surface area contributed by atoms with Gasteiger partial charge in [0.05, 0.1) is 5.02 Å². The van der Waals surface area contributed by atoms with Crippen molar-refractivity contribution >= 4 is 28.8 Å². The van der Waals surface area contributed by atoms with E-state index >= 15 is 0 Å². The van der Waals surface area contributed by atoms with Gasteiger partial charge in [-0.1, -0.05) is 11.6 Å². The summed E-state index contributed by atoms with van der Waals surface area (Å²) >= 11 is 5.60. The van der Waals surface area contributed by atoms with E-state index in [2.05, 4.69) is 10.5 Å². The molecule has 0 bridgehead atoms. The number of nitriles is 1. The molecule has 1 rings (SSSR count). The van der Waals surface area contributed by atoms with Crippen molar-refractivity contribution in [1.29, 1.82) is 10.7 Å². The van der Waals surface area contributed by atoms with Gasteiger partial charge in [0, 0.05) is 0 Å². The fourth-order valence-corrected chi connectivity index (χ4v) is 1.08. The second kappa shape index (κ2) is 5.23. The third-order valence-corrected chi connectivity index (χ3v) is 2.00. The van der Waals surface area contributed by atoms with Crippen LogP contribution < -0.4 is 11.2 Å². The molecule has 17 heavy (non-hydrogen) atoms. The summed E-state index contributed by atoms with van der Waals surface area (Å²) in [5.41, 5.74) is 6.16. The largest absolute Gasteiger partial charge is 0.382 e. The highest BCUT2D eigenvalue weighted by Gasteiger charge is 2.12. The molecule has 0 radical (unpaired) electrons. The van der Waals surface area contributed by atoms with Crippen LogP contribution in [0.3, 0.4) is 0 Å². The van der Waals surface area contributed by atoms with Crippen LogP contribution in [0.15, 0.2) is 17.2 Å². The number of hydrogen-bond donors (Lipinski definition) is 3. The minimum absolute atomic E-state index is 0.117. The first-order valence-electron chi connectivity index (χ1n) is 4.19. The van der Waals surface area contributed by atoms with E-state index in [1.807, 2.05) is 0 Å². The number of rotatable bonds is 3. The van der Waals surface area contributed by atoms with Gasteiger partial charge in [0.1, 0.15) is 11.8 Å². The molecular weight excluding hydrogens is 252 g/mol. The number of nitrogens with one attached hydrogen (secondary N) is 2. The Morgan fingerprint density at radius 2 is 2.18 bits per heavy atom. The van der Waals surface area contributed by atoms with Crippen LogP contribution in [0.5, 0.6) is 0 Å². The summed E-state index contributed by atoms with van der Waals surface area (Å²) in [6.07, 6.45) is 0. The van der Waals surface area contributed by atoms with Gasteiger partial charge in [-0.3, -0.25) is 10.8 Å². The molecule has 0 saturated heterocycles. The third-order valence-electron chi connectivity index (χ3n) is 1.68. The number of hydrazone groups is 1. The summed E-state index contributed by atoms with van der Waals surface area (Å²) in [5, 5.41) is 18.7. The van der Waals surface area contributed by atoms with Crippen LogP contribution in [-0.4, -0.2) is 11.5 Å². The maximum Gasteiger partial charge on any atom is 0.201 e. The average molecular weight is 258 g/mol. The van der Waals surface area contributed by atoms with Crippen molar-refractivity contribution in [2.75, 3.05) is 5.43 Å². The van der Waals surface area contributed by atoms with Gasteiger partial charge >= 0.3 is 0 Å². The Morgan fingerprint density at radius 3 is 2.71 bits per heavy atom. The summed E-state index contributed by atoms with van der Waals surface area (Å²) in [6, 6.07) is 3.48. The molecule has 0 aliphatic carbocycles. The van der Waals surface area contributed by atoms with Gasteiger partial charge < -0.3 is 5.73 Å². The highest BCUT2D eigenvalue weighted by atomic mass is 35.5. The molecule has 0 saturated carbocycles. The molecular formula is C9H6ClF2N5. The lowest BCUT2D eigenvalue weighted by Crippen LogP contribution is -2.22. The van der Waals surface area contributed by atoms with Crippen LogP contribution in [-0.2, 0) is 0 Å². The van der Waals surface area contributed by atoms with Gasteiger partial charge in [-0.15, -0.1) is 0 Å². The molecule has 0 spiro atoms. The van der Waals surface area contributed by atoms with E-state index in [0.717, 1.165) is 12.1 Å². The zero-order valence-electron chi connectivity index (χ0n) is 8.26. The molecule has 5 nitrogen and oxygen atoms in total. The molecule has 1 aromatic carbocycles. The van der Waals surface area contributed by atoms with Crippen molar-refractivity contribution in [3.05, 3.63) is 28.8 Å². The summed E-state index contributed by atoms with van der Waals surface area (Å²) in [5.74, 6) is -2.96. The van der Waals surface area contributed by atoms with Crippen LogP contribution in [0.25, 0.3) is 0 Å². The van der Waals surface area contributed by atoms with Crippen molar-refractivity contribution in [2.24, 2.45) is 10.8 Å². The average Bonchev–Trinajstić information content (AvgIpc) is 2.28. The monoisotopic (exact) mass is 257 g/mol. The van der Waals surface area contributed by atoms with E-state index in [1.54, 1.807) is 0 Å². The Hall–Kier alpha value is -2.20. The maximum atomic E-state index is 13.3. The Bertz CT molecular complexity index is 535. The molecule has 8 heteroatoms. The minimum Gasteiger partial charge on any atom is -0.382 e. The van der Waals surface area contributed by atoms with Gasteiger partial charge in [0.2, 0.25) is 5.71 Å². The molecule has 0 heterocycles. The molecule has 0 amide bonds. The zero-order chi connectivity index (χ0) is 13.0. The third kappa shape index (κ3) is 2.89. The van der Waals surface area contributed by atoms with E-state index < -0.39 is 28.9 Å². The first-order chi connectivity index (χ1) is 7.97. The number of halogens is 3. The van der Waals surface area contributed by atoms with Gasteiger partial charge in [0.25, 0.3) is 0 Å². The second-order valence-corrected chi connectivity index (χ2v) is 3.22. The lowest BCUT2D eigenvalue weighted by atomic mass is 10.3. The first kappa shape index (κ1) is 12.9. The summed E-state index contributed by atoms with van der Waals surface area (Å²) in [7, 11) is 0. The van der Waals surface area contributed by atoms with Gasteiger partial charge in [-0.05, 0) is 12.1 Å². The van der Waals surface area contributed by atoms with Crippen LogP contribution in [0.4, 0.5) is 14.5 Å². The smallest absolute Gasteiger partial charge is 0.201 e. The van der Waals surface area contributed by atoms with Crippen molar-refractivity contribution < 1.29 is 8.78 Å². The van der Waals surface area contributed by atoms with Crippen molar-refractivity contribution in [1.82, 2.24) is 0 Å². The van der Waals surface area contributed by atoms with E-state index in [-0.39, 0.29) is 5.02 Å². The molecule has 4 N–H and O–H groups in total. The fourth-order valence-electron chi connectivity index (χ4n) is 0.887. The highest BCUT2D eigenvalue weighted by Crippen LogP contribution is 2.26. The normalized spacial score (nSPS) is 10.8. The number of nitrogens with two attached hydrogens (primary N) is 1. The molecule has 0 unspecified atom stereocenters.